The normalized spacial score (nSPS) is 14.8. The van der Waals surface area contributed by atoms with Gasteiger partial charge in [0.2, 0.25) is 0 Å². The molecule has 0 heterocycles. The Morgan fingerprint density at radius 1 is 1.62 bits per heavy atom. The summed E-state index contributed by atoms with van der Waals surface area (Å²) >= 11 is 0. The summed E-state index contributed by atoms with van der Waals surface area (Å²) in [5.74, 6) is 0.260. The van der Waals surface area contributed by atoms with E-state index in [-0.39, 0.29) is 12.0 Å². The van der Waals surface area contributed by atoms with Gasteiger partial charge in [0, 0.05) is 11.0 Å². The molecule has 0 aromatic rings. The topological polar surface area (TPSA) is 69.0 Å². The molecule has 0 saturated carbocycles. The van der Waals surface area contributed by atoms with Crippen molar-refractivity contribution in [1.82, 2.24) is 0 Å². The second-order valence-electron chi connectivity index (χ2n) is 3.43. The zero-order valence-corrected chi connectivity index (χ0v) is 8.22. The molecule has 0 aliphatic carbocycles. The standard InChI is InChI=1S/C9H17N3O/c1-4-5-8(13)6-9(7(2)3)11-12-10/h4,7-9,13H,1,5-6H2,2-3H3/t8-,9+/m1/s1. The van der Waals surface area contributed by atoms with Crippen molar-refractivity contribution in [3.8, 4) is 0 Å². The Morgan fingerprint density at radius 2 is 2.23 bits per heavy atom. The number of hydrogen-bond donors (Lipinski definition) is 1. The van der Waals surface area contributed by atoms with Crippen molar-refractivity contribution in [1.29, 1.82) is 0 Å². The molecular weight excluding hydrogens is 166 g/mol. The van der Waals surface area contributed by atoms with Gasteiger partial charge in [0.25, 0.3) is 0 Å². The second-order valence-corrected chi connectivity index (χ2v) is 3.43. The van der Waals surface area contributed by atoms with E-state index in [9.17, 15) is 5.11 Å². The average Bonchev–Trinajstić information content (AvgIpc) is 2.04. The van der Waals surface area contributed by atoms with E-state index in [0.717, 1.165) is 0 Å². The van der Waals surface area contributed by atoms with Crippen molar-refractivity contribution in [3.63, 3.8) is 0 Å². The van der Waals surface area contributed by atoms with Crippen molar-refractivity contribution < 1.29 is 5.11 Å². The van der Waals surface area contributed by atoms with Gasteiger partial charge in [-0.2, -0.15) is 0 Å². The quantitative estimate of drug-likeness (QED) is 0.292. The summed E-state index contributed by atoms with van der Waals surface area (Å²) in [6.45, 7) is 7.48. The fourth-order valence-electron chi connectivity index (χ4n) is 1.09. The highest BCUT2D eigenvalue weighted by molar-refractivity contribution is 4.79. The van der Waals surface area contributed by atoms with E-state index >= 15 is 0 Å². The molecule has 0 bridgehead atoms. The first-order valence-electron chi connectivity index (χ1n) is 4.45. The summed E-state index contributed by atoms with van der Waals surface area (Å²) in [6, 6.07) is -0.125. The first kappa shape index (κ1) is 12.0. The van der Waals surface area contributed by atoms with E-state index < -0.39 is 6.10 Å². The summed E-state index contributed by atoms with van der Waals surface area (Å²) in [5, 5.41) is 13.1. The van der Waals surface area contributed by atoms with E-state index in [1.807, 2.05) is 13.8 Å². The van der Waals surface area contributed by atoms with E-state index in [4.69, 9.17) is 5.53 Å². The van der Waals surface area contributed by atoms with Crippen molar-refractivity contribution in [2.75, 3.05) is 0 Å². The summed E-state index contributed by atoms with van der Waals surface area (Å²) in [4.78, 5) is 2.76. The minimum Gasteiger partial charge on any atom is -0.393 e. The van der Waals surface area contributed by atoms with Crippen LogP contribution in [0, 0.1) is 5.92 Å². The van der Waals surface area contributed by atoms with Gasteiger partial charge in [0.05, 0.1) is 6.10 Å². The van der Waals surface area contributed by atoms with Crippen LogP contribution < -0.4 is 0 Å². The maximum atomic E-state index is 9.44. The SMILES string of the molecule is C=CC[C@@H](O)C[C@H](N=[N+]=[N-])C(C)C. The zero-order valence-electron chi connectivity index (χ0n) is 8.22. The molecule has 4 nitrogen and oxygen atoms in total. The number of aliphatic hydroxyl groups excluding tert-OH is 1. The third-order valence-corrected chi connectivity index (χ3v) is 1.92. The summed E-state index contributed by atoms with van der Waals surface area (Å²) in [5.41, 5.74) is 8.28. The van der Waals surface area contributed by atoms with E-state index in [1.54, 1.807) is 6.08 Å². The smallest absolute Gasteiger partial charge is 0.0578 e. The molecule has 0 unspecified atom stereocenters. The summed E-state index contributed by atoms with van der Waals surface area (Å²) < 4.78 is 0. The lowest BCUT2D eigenvalue weighted by Crippen LogP contribution is -2.20. The third-order valence-electron chi connectivity index (χ3n) is 1.92. The molecule has 0 aromatic heterocycles. The maximum absolute atomic E-state index is 9.44. The van der Waals surface area contributed by atoms with Gasteiger partial charge in [-0.15, -0.1) is 6.58 Å². The predicted octanol–water partition coefficient (Wildman–Crippen LogP) is 2.65. The van der Waals surface area contributed by atoms with Gasteiger partial charge in [-0.25, -0.2) is 0 Å². The van der Waals surface area contributed by atoms with E-state index in [0.29, 0.717) is 12.8 Å². The molecule has 0 aliphatic heterocycles. The van der Waals surface area contributed by atoms with Crippen LogP contribution in [0.4, 0.5) is 0 Å². The Bertz CT molecular complexity index is 197. The minimum atomic E-state index is -0.449. The molecule has 13 heavy (non-hydrogen) atoms. The second kappa shape index (κ2) is 6.52. The molecule has 0 saturated heterocycles. The number of azide groups is 1. The van der Waals surface area contributed by atoms with Crippen LogP contribution in [0.15, 0.2) is 17.8 Å². The lowest BCUT2D eigenvalue weighted by atomic mass is 9.98. The van der Waals surface area contributed by atoms with Gasteiger partial charge in [0.15, 0.2) is 0 Å². The summed E-state index contributed by atoms with van der Waals surface area (Å²) in [7, 11) is 0. The fourth-order valence-corrected chi connectivity index (χ4v) is 1.09. The Labute approximate surface area is 78.9 Å². The highest BCUT2D eigenvalue weighted by atomic mass is 16.3. The Morgan fingerprint density at radius 3 is 2.62 bits per heavy atom. The summed E-state index contributed by atoms with van der Waals surface area (Å²) in [6.07, 6.45) is 2.27. The van der Waals surface area contributed by atoms with Crippen molar-refractivity contribution in [2.24, 2.45) is 11.0 Å². The van der Waals surface area contributed by atoms with Crippen LogP contribution in [-0.4, -0.2) is 17.3 Å². The van der Waals surface area contributed by atoms with Crippen LogP contribution in [0.2, 0.25) is 0 Å². The minimum absolute atomic E-state index is 0.125. The Kier molecular flexibility index (Phi) is 6.02. The van der Waals surface area contributed by atoms with Crippen LogP contribution in [0.25, 0.3) is 10.4 Å². The fraction of sp³-hybridized carbons (Fsp3) is 0.778. The van der Waals surface area contributed by atoms with Crippen LogP contribution in [0.1, 0.15) is 26.7 Å². The molecule has 2 atom stereocenters. The predicted molar refractivity (Wildman–Crippen MR) is 53.2 cm³/mol. The van der Waals surface area contributed by atoms with Gasteiger partial charge in [0.1, 0.15) is 0 Å². The molecule has 0 radical (unpaired) electrons. The van der Waals surface area contributed by atoms with Crippen LogP contribution >= 0.6 is 0 Å². The first-order chi connectivity index (χ1) is 6.11. The Hall–Kier alpha value is -0.990. The lowest BCUT2D eigenvalue weighted by Gasteiger charge is -2.17. The molecule has 74 valence electrons. The van der Waals surface area contributed by atoms with Crippen molar-refractivity contribution in [3.05, 3.63) is 23.1 Å². The number of nitrogens with zero attached hydrogens (tertiary/aromatic N) is 3. The molecule has 0 amide bonds. The molecule has 4 heteroatoms. The lowest BCUT2D eigenvalue weighted by molar-refractivity contribution is 0.151. The molecule has 0 spiro atoms. The van der Waals surface area contributed by atoms with Crippen LogP contribution in [0.3, 0.4) is 0 Å². The third kappa shape index (κ3) is 5.28. The van der Waals surface area contributed by atoms with Crippen molar-refractivity contribution >= 4 is 0 Å². The van der Waals surface area contributed by atoms with Gasteiger partial charge >= 0.3 is 0 Å². The van der Waals surface area contributed by atoms with Crippen LogP contribution in [0.5, 0.6) is 0 Å². The van der Waals surface area contributed by atoms with Gasteiger partial charge in [-0.3, -0.25) is 0 Å². The van der Waals surface area contributed by atoms with E-state index in [2.05, 4.69) is 16.6 Å². The average molecular weight is 183 g/mol. The highest BCUT2D eigenvalue weighted by Gasteiger charge is 2.15. The molecule has 1 N–H and O–H groups in total. The monoisotopic (exact) mass is 183 g/mol. The number of hydrogen-bond acceptors (Lipinski definition) is 2. The number of aliphatic hydroxyl groups is 1. The van der Waals surface area contributed by atoms with E-state index in [1.165, 1.54) is 0 Å². The zero-order chi connectivity index (χ0) is 10.3. The number of rotatable bonds is 6. The molecule has 0 fully saturated rings. The maximum Gasteiger partial charge on any atom is 0.0578 e. The largest absolute Gasteiger partial charge is 0.393 e. The molecular formula is C9H17N3O. The molecule has 0 aliphatic rings. The van der Waals surface area contributed by atoms with Crippen LogP contribution in [-0.2, 0) is 0 Å². The molecule has 0 aromatic carbocycles. The van der Waals surface area contributed by atoms with Crippen molar-refractivity contribution in [2.45, 2.75) is 38.8 Å². The first-order valence-corrected chi connectivity index (χ1v) is 4.45. The molecule has 0 rings (SSSR count). The van der Waals surface area contributed by atoms with Gasteiger partial charge in [-0.05, 0) is 24.3 Å². The highest BCUT2D eigenvalue weighted by Crippen LogP contribution is 2.14. The Balaban J connectivity index is 4.08. The van der Waals surface area contributed by atoms with Gasteiger partial charge < -0.3 is 5.11 Å². The van der Waals surface area contributed by atoms with Gasteiger partial charge in [-0.1, -0.05) is 25.0 Å².